The molecule has 2 aromatic rings. The second-order valence-electron chi connectivity index (χ2n) is 8.19. The third-order valence-electron chi connectivity index (χ3n) is 5.07. The largest absolute Gasteiger partial charge is 0.355 e. The van der Waals surface area contributed by atoms with E-state index in [1.165, 1.54) is 27.9 Å². The van der Waals surface area contributed by atoms with Gasteiger partial charge in [0.2, 0.25) is 5.91 Å². The van der Waals surface area contributed by atoms with Gasteiger partial charge in [0, 0.05) is 18.0 Å². The fourth-order valence-corrected chi connectivity index (χ4v) is 4.73. The zero-order valence-corrected chi connectivity index (χ0v) is 17.8. The molecule has 2 N–H and O–H groups in total. The summed E-state index contributed by atoms with van der Waals surface area (Å²) >= 11 is 1.53. The molecule has 2 amide bonds. The van der Waals surface area contributed by atoms with Crippen molar-refractivity contribution in [3.63, 3.8) is 0 Å². The van der Waals surface area contributed by atoms with Gasteiger partial charge in [-0.15, -0.1) is 11.3 Å². The lowest BCUT2D eigenvalue weighted by Crippen LogP contribution is -2.21. The van der Waals surface area contributed by atoms with Crippen LogP contribution in [0.15, 0.2) is 30.3 Å². The topological polar surface area (TPSA) is 58.2 Å². The molecule has 0 atom stereocenters. The molecule has 1 aliphatic rings. The van der Waals surface area contributed by atoms with Crippen LogP contribution in [0.5, 0.6) is 0 Å². The Kier molecular flexibility index (Phi) is 6.04. The van der Waals surface area contributed by atoms with E-state index in [4.69, 9.17) is 0 Å². The molecule has 5 heteroatoms. The summed E-state index contributed by atoms with van der Waals surface area (Å²) in [5, 5.41) is 6.28. The van der Waals surface area contributed by atoms with Crippen LogP contribution >= 0.6 is 11.3 Å². The van der Waals surface area contributed by atoms with E-state index >= 15 is 0 Å². The molecule has 0 radical (unpaired) electrons. The molecule has 28 heavy (non-hydrogen) atoms. The summed E-state index contributed by atoms with van der Waals surface area (Å²) < 4.78 is 0. The quantitative estimate of drug-likeness (QED) is 0.720. The van der Waals surface area contributed by atoms with Gasteiger partial charge in [-0.2, -0.15) is 0 Å². The SMILES string of the molecule is CNC(=O)c1c(NC(=O)/C=C/c2ccc(C(C)(C)C)cc2)sc2c1CCCC2. The van der Waals surface area contributed by atoms with Crippen LogP contribution in [-0.2, 0) is 23.1 Å². The van der Waals surface area contributed by atoms with Gasteiger partial charge in [0.1, 0.15) is 5.00 Å². The van der Waals surface area contributed by atoms with E-state index in [1.54, 1.807) is 13.1 Å². The summed E-state index contributed by atoms with van der Waals surface area (Å²) in [5.74, 6) is -0.347. The predicted octanol–water partition coefficient (Wildman–Crippen LogP) is 4.94. The van der Waals surface area contributed by atoms with Gasteiger partial charge in [-0.1, -0.05) is 45.0 Å². The van der Waals surface area contributed by atoms with Crippen molar-refractivity contribution in [2.45, 2.75) is 51.9 Å². The molecule has 0 saturated heterocycles. The molecule has 4 nitrogen and oxygen atoms in total. The molecule has 0 fully saturated rings. The van der Waals surface area contributed by atoms with Crippen molar-refractivity contribution in [1.82, 2.24) is 5.32 Å². The number of carbonyl (C=O) groups is 2. The number of hydrogen-bond acceptors (Lipinski definition) is 3. The van der Waals surface area contributed by atoms with E-state index in [1.807, 2.05) is 12.1 Å². The van der Waals surface area contributed by atoms with E-state index < -0.39 is 0 Å². The average Bonchev–Trinajstić information content (AvgIpc) is 3.03. The molecule has 148 valence electrons. The molecule has 0 spiro atoms. The van der Waals surface area contributed by atoms with Crippen LogP contribution in [0.3, 0.4) is 0 Å². The molecule has 1 aliphatic carbocycles. The molecule has 0 unspecified atom stereocenters. The standard InChI is InChI=1S/C23H28N2O2S/c1-23(2,3)16-12-9-15(10-13-16)11-14-19(26)25-22-20(21(27)24-4)17-7-5-6-8-18(17)28-22/h9-14H,5-8H2,1-4H3,(H,24,27)(H,25,26)/b14-11+. The highest BCUT2D eigenvalue weighted by Crippen LogP contribution is 2.38. The van der Waals surface area contributed by atoms with Gasteiger partial charge in [0.25, 0.3) is 5.91 Å². The Balaban J connectivity index is 1.75. The van der Waals surface area contributed by atoms with Gasteiger partial charge < -0.3 is 10.6 Å². The van der Waals surface area contributed by atoms with Gasteiger partial charge in [-0.05, 0) is 53.9 Å². The fourth-order valence-electron chi connectivity index (χ4n) is 3.44. The zero-order valence-electron chi connectivity index (χ0n) is 17.0. The lowest BCUT2D eigenvalue weighted by Gasteiger charge is -2.18. The first kappa shape index (κ1) is 20.3. The summed E-state index contributed by atoms with van der Waals surface area (Å²) in [6.07, 6.45) is 7.44. The Morgan fingerprint density at radius 3 is 2.39 bits per heavy atom. The van der Waals surface area contributed by atoms with Crippen LogP contribution < -0.4 is 10.6 Å². The molecule has 0 bridgehead atoms. The predicted molar refractivity (Wildman–Crippen MR) is 117 cm³/mol. The second kappa shape index (κ2) is 8.31. The number of rotatable bonds is 4. The van der Waals surface area contributed by atoms with E-state index in [0.717, 1.165) is 36.8 Å². The Hall–Kier alpha value is -2.40. The van der Waals surface area contributed by atoms with Crippen molar-refractivity contribution in [3.05, 3.63) is 57.5 Å². The number of anilines is 1. The van der Waals surface area contributed by atoms with Gasteiger partial charge >= 0.3 is 0 Å². The normalized spacial score (nSPS) is 14.0. The third kappa shape index (κ3) is 4.53. The molecule has 0 aliphatic heterocycles. The summed E-state index contributed by atoms with van der Waals surface area (Å²) in [4.78, 5) is 26.1. The van der Waals surface area contributed by atoms with Crippen LogP contribution in [0.2, 0.25) is 0 Å². The number of aryl methyl sites for hydroxylation is 1. The summed E-state index contributed by atoms with van der Waals surface area (Å²) in [6, 6.07) is 8.22. The molecule has 3 rings (SSSR count). The van der Waals surface area contributed by atoms with Gasteiger partial charge in [-0.3, -0.25) is 9.59 Å². The minimum absolute atomic E-state index is 0.105. The fraction of sp³-hybridized carbons (Fsp3) is 0.391. The van der Waals surface area contributed by atoms with E-state index in [2.05, 4.69) is 43.5 Å². The Morgan fingerprint density at radius 1 is 1.07 bits per heavy atom. The summed E-state index contributed by atoms with van der Waals surface area (Å²) in [7, 11) is 1.63. The van der Waals surface area contributed by atoms with Crippen molar-refractivity contribution in [2.75, 3.05) is 12.4 Å². The molecule has 0 saturated carbocycles. The van der Waals surface area contributed by atoms with Gasteiger partial charge in [-0.25, -0.2) is 0 Å². The smallest absolute Gasteiger partial charge is 0.254 e. The van der Waals surface area contributed by atoms with Gasteiger partial charge in [0.15, 0.2) is 0 Å². The van der Waals surface area contributed by atoms with Crippen molar-refractivity contribution in [2.24, 2.45) is 0 Å². The van der Waals surface area contributed by atoms with Crippen molar-refractivity contribution in [1.29, 1.82) is 0 Å². The van der Waals surface area contributed by atoms with Crippen LogP contribution in [0.1, 0.15) is 65.5 Å². The number of benzene rings is 1. The maximum Gasteiger partial charge on any atom is 0.254 e. The highest BCUT2D eigenvalue weighted by atomic mass is 32.1. The number of hydrogen-bond donors (Lipinski definition) is 2. The number of fused-ring (bicyclic) bond motifs is 1. The third-order valence-corrected chi connectivity index (χ3v) is 6.27. The van der Waals surface area contributed by atoms with Crippen molar-refractivity contribution >= 4 is 34.2 Å². The molecular formula is C23H28N2O2S. The summed E-state index contributed by atoms with van der Waals surface area (Å²) in [5.41, 5.74) is 4.08. The first-order chi connectivity index (χ1) is 13.3. The number of thiophene rings is 1. The van der Waals surface area contributed by atoms with Crippen LogP contribution in [-0.4, -0.2) is 18.9 Å². The highest BCUT2D eigenvalue weighted by molar-refractivity contribution is 7.17. The summed E-state index contributed by atoms with van der Waals surface area (Å²) in [6.45, 7) is 6.53. The molecule has 1 aromatic heterocycles. The average molecular weight is 397 g/mol. The first-order valence-electron chi connectivity index (χ1n) is 9.76. The highest BCUT2D eigenvalue weighted by Gasteiger charge is 2.25. The Bertz CT molecular complexity index is 902. The maximum atomic E-state index is 12.5. The van der Waals surface area contributed by atoms with E-state index in [9.17, 15) is 9.59 Å². The zero-order chi connectivity index (χ0) is 20.3. The molecule has 1 heterocycles. The minimum Gasteiger partial charge on any atom is -0.355 e. The lowest BCUT2D eigenvalue weighted by molar-refractivity contribution is -0.111. The van der Waals surface area contributed by atoms with Crippen LogP contribution in [0.25, 0.3) is 6.08 Å². The monoisotopic (exact) mass is 396 g/mol. The number of carbonyl (C=O) groups excluding carboxylic acids is 2. The molecular weight excluding hydrogens is 368 g/mol. The molecule has 1 aromatic carbocycles. The van der Waals surface area contributed by atoms with Crippen LogP contribution in [0, 0.1) is 0 Å². The van der Waals surface area contributed by atoms with E-state index in [-0.39, 0.29) is 17.2 Å². The minimum atomic E-state index is -0.219. The first-order valence-corrected chi connectivity index (χ1v) is 10.6. The van der Waals surface area contributed by atoms with E-state index in [0.29, 0.717) is 10.6 Å². The van der Waals surface area contributed by atoms with Crippen molar-refractivity contribution in [3.8, 4) is 0 Å². The second-order valence-corrected chi connectivity index (χ2v) is 9.29. The Labute approximate surface area is 171 Å². The lowest BCUT2D eigenvalue weighted by atomic mass is 9.87. The number of amides is 2. The maximum absolute atomic E-state index is 12.5. The van der Waals surface area contributed by atoms with Crippen LogP contribution in [0.4, 0.5) is 5.00 Å². The number of nitrogens with one attached hydrogen (secondary N) is 2. The Morgan fingerprint density at radius 2 is 1.75 bits per heavy atom. The van der Waals surface area contributed by atoms with Crippen molar-refractivity contribution < 1.29 is 9.59 Å². The van der Waals surface area contributed by atoms with Gasteiger partial charge in [0.05, 0.1) is 5.56 Å².